The van der Waals surface area contributed by atoms with Crippen LogP contribution in [0.25, 0.3) is 0 Å². The van der Waals surface area contributed by atoms with E-state index in [1.165, 1.54) is 23.5 Å². The number of para-hydroxylation sites is 2. The van der Waals surface area contributed by atoms with Crippen molar-refractivity contribution in [3.05, 3.63) is 53.0 Å². The average Bonchev–Trinajstić information content (AvgIpc) is 2.60. The molecule has 8 heteroatoms. The smallest absolute Gasteiger partial charge is 0.348 e. The molecule has 0 amide bonds. The molecule has 24 heavy (non-hydrogen) atoms. The zero-order valence-electron chi connectivity index (χ0n) is 12.7. The molecule has 0 aromatic heterocycles. The molecule has 0 radical (unpaired) electrons. The Morgan fingerprint density at radius 2 is 1.88 bits per heavy atom. The molecule has 3 rings (SSSR count). The van der Waals surface area contributed by atoms with Crippen molar-refractivity contribution in [1.29, 1.82) is 0 Å². The van der Waals surface area contributed by atoms with Crippen molar-refractivity contribution >= 4 is 37.6 Å². The van der Waals surface area contributed by atoms with Gasteiger partial charge in [0.1, 0.15) is 5.75 Å². The van der Waals surface area contributed by atoms with Crippen LogP contribution >= 0.6 is 15.9 Å². The first-order valence-electron chi connectivity index (χ1n) is 7.05. The molecule has 1 heterocycles. The van der Waals surface area contributed by atoms with Crippen molar-refractivity contribution in [3.63, 3.8) is 0 Å². The fraction of sp³-hybridized carbons (Fsp3) is 0.188. The third-order valence-electron chi connectivity index (χ3n) is 3.60. The number of fused-ring (bicyclic) bond motifs is 1. The number of hydrogen-bond donors (Lipinski definition) is 0. The van der Waals surface area contributed by atoms with Crippen molar-refractivity contribution < 1.29 is 22.7 Å². The van der Waals surface area contributed by atoms with Crippen molar-refractivity contribution in [1.82, 2.24) is 0 Å². The zero-order valence-corrected chi connectivity index (χ0v) is 15.1. The molecule has 0 spiro atoms. The van der Waals surface area contributed by atoms with Gasteiger partial charge < -0.3 is 9.47 Å². The van der Waals surface area contributed by atoms with Crippen LogP contribution in [0.1, 0.15) is 0 Å². The molecular formula is C16H14BrNO5S. The van der Waals surface area contributed by atoms with E-state index in [0.717, 1.165) is 4.47 Å². The summed E-state index contributed by atoms with van der Waals surface area (Å²) in [5.41, 5.74) is 0.389. The molecule has 126 valence electrons. The number of sulfonamides is 1. The number of rotatable bonds is 3. The van der Waals surface area contributed by atoms with E-state index in [1.54, 1.807) is 36.4 Å². The number of methoxy groups -OCH3 is 1. The van der Waals surface area contributed by atoms with Gasteiger partial charge >= 0.3 is 5.97 Å². The van der Waals surface area contributed by atoms with E-state index in [0.29, 0.717) is 11.4 Å². The van der Waals surface area contributed by atoms with E-state index in [-0.39, 0.29) is 11.4 Å². The van der Waals surface area contributed by atoms with Gasteiger partial charge in [-0.3, -0.25) is 4.31 Å². The van der Waals surface area contributed by atoms with Gasteiger partial charge in [0.25, 0.3) is 10.0 Å². The van der Waals surface area contributed by atoms with Crippen LogP contribution in [0.2, 0.25) is 0 Å². The molecule has 0 saturated carbocycles. The number of nitrogens with zero attached hydrogens (tertiary/aromatic N) is 1. The van der Waals surface area contributed by atoms with Crippen LogP contribution in [0, 0.1) is 0 Å². The number of benzene rings is 2. The summed E-state index contributed by atoms with van der Waals surface area (Å²) in [5.74, 6) is -0.305. The Morgan fingerprint density at radius 1 is 1.21 bits per heavy atom. The lowest BCUT2D eigenvalue weighted by molar-refractivity contribution is -0.148. The van der Waals surface area contributed by atoms with Crippen LogP contribution in [0.5, 0.6) is 5.75 Å². The maximum atomic E-state index is 13.0. The van der Waals surface area contributed by atoms with Crippen LogP contribution in [0.15, 0.2) is 57.9 Å². The Kier molecular flexibility index (Phi) is 4.51. The first-order valence-corrected chi connectivity index (χ1v) is 9.28. The van der Waals surface area contributed by atoms with E-state index in [4.69, 9.17) is 9.47 Å². The minimum absolute atomic E-state index is 0.131. The number of hydrogen-bond acceptors (Lipinski definition) is 5. The molecule has 1 aliphatic heterocycles. The van der Waals surface area contributed by atoms with E-state index < -0.39 is 22.1 Å². The van der Waals surface area contributed by atoms with Gasteiger partial charge in [-0.25, -0.2) is 13.2 Å². The summed E-state index contributed by atoms with van der Waals surface area (Å²) in [4.78, 5) is 12.0. The first kappa shape index (κ1) is 16.8. The second kappa shape index (κ2) is 6.45. The highest BCUT2D eigenvalue weighted by atomic mass is 79.9. The minimum atomic E-state index is -3.84. The van der Waals surface area contributed by atoms with Gasteiger partial charge in [-0.1, -0.05) is 28.1 Å². The molecule has 6 nitrogen and oxygen atoms in total. The van der Waals surface area contributed by atoms with Crippen LogP contribution in [-0.2, 0) is 19.6 Å². The number of esters is 1. The summed E-state index contributed by atoms with van der Waals surface area (Å²) >= 11 is 3.28. The molecule has 0 N–H and O–H groups in total. The van der Waals surface area contributed by atoms with Gasteiger partial charge in [0.15, 0.2) is 0 Å². The lowest BCUT2D eigenvalue weighted by Crippen LogP contribution is -2.47. The Labute approximate surface area is 148 Å². The van der Waals surface area contributed by atoms with Gasteiger partial charge in [-0.15, -0.1) is 0 Å². The topological polar surface area (TPSA) is 72.9 Å². The number of carbonyl (C=O) groups excluding carboxylic acids is 1. The standard InChI is InChI=1S/C16H14BrNO5S/c1-22-16(19)15-10-18(13-4-2-3-5-14(13)23-15)24(20,21)12-8-6-11(17)7-9-12/h2-9,15H,10H2,1H3/t15-/m1/s1. The molecule has 0 aliphatic carbocycles. The van der Waals surface area contributed by atoms with E-state index >= 15 is 0 Å². The number of ether oxygens (including phenoxy) is 2. The number of anilines is 1. The van der Waals surface area contributed by atoms with Crippen molar-refractivity contribution in [3.8, 4) is 5.75 Å². The third-order valence-corrected chi connectivity index (χ3v) is 5.92. The summed E-state index contributed by atoms with van der Waals surface area (Å²) in [6.45, 7) is -0.151. The zero-order chi connectivity index (χ0) is 17.3. The highest BCUT2D eigenvalue weighted by molar-refractivity contribution is 9.10. The third kappa shape index (κ3) is 2.99. The van der Waals surface area contributed by atoms with Gasteiger partial charge in [0.05, 0.1) is 24.2 Å². The summed E-state index contributed by atoms with van der Waals surface area (Å²) in [6, 6.07) is 13.0. The highest BCUT2D eigenvalue weighted by Crippen LogP contribution is 2.37. The summed E-state index contributed by atoms with van der Waals surface area (Å²) < 4.78 is 38.3. The van der Waals surface area contributed by atoms with E-state index in [1.807, 2.05) is 0 Å². The average molecular weight is 412 g/mol. The molecular weight excluding hydrogens is 398 g/mol. The fourth-order valence-electron chi connectivity index (χ4n) is 2.42. The summed E-state index contributed by atoms with van der Waals surface area (Å²) in [6.07, 6.45) is -1.02. The molecule has 0 fully saturated rings. The Morgan fingerprint density at radius 3 is 2.54 bits per heavy atom. The second-order valence-corrected chi connectivity index (χ2v) is 7.87. The largest absolute Gasteiger partial charge is 0.475 e. The van der Waals surface area contributed by atoms with Crippen molar-refractivity contribution in [2.75, 3.05) is 18.0 Å². The SMILES string of the molecule is COC(=O)[C@H]1CN(S(=O)(=O)c2ccc(Br)cc2)c2ccccc2O1. The number of carbonyl (C=O) groups is 1. The summed E-state index contributed by atoms with van der Waals surface area (Å²) in [7, 11) is -2.61. The predicted octanol–water partition coefficient (Wildman–Crippen LogP) is 2.58. The molecule has 0 bridgehead atoms. The second-order valence-electron chi connectivity index (χ2n) is 5.09. The molecule has 2 aromatic carbocycles. The van der Waals surface area contributed by atoms with Gasteiger partial charge in [0.2, 0.25) is 6.10 Å². The monoisotopic (exact) mass is 411 g/mol. The quantitative estimate of drug-likeness (QED) is 0.725. The minimum Gasteiger partial charge on any atom is -0.475 e. The summed E-state index contributed by atoms with van der Waals surface area (Å²) in [5, 5.41) is 0. The Balaban J connectivity index is 2.07. The van der Waals surface area contributed by atoms with Gasteiger partial charge in [-0.2, -0.15) is 0 Å². The molecule has 1 atom stereocenters. The molecule has 2 aromatic rings. The Bertz CT molecular complexity index is 866. The van der Waals surface area contributed by atoms with E-state index in [9.17, 15) is 13.2 Å². The maximum Gasteiger partial charge on any atom is 0.348 e. The van der Waals surface area contributed by atoms with Crippen molar-refractivity contribution in [2.24, 2.45) is 0 Å². The van der Waals surface area contributed by atoms with Crippen LogP contribution in [0.4, 0.5) is 5.69 Å². The van der Waals surface area contributed by atoms with Gasteiger partial charge in [-0.05, 0) is 36.4 Å². The highest BCUT2D eigenvalue weighted by Gasteiger charge is 2.37. The number of halogens is 1. The van der Waals surface area contributed by atoms with Crippen LogP contribution < -0.4 is 9.04 Å². The molecule has 0 saturated heterocycles. The van der Waals surface area contributed by atoms with Crippen molar-refractivity contribution in [2.45, 2.75) is 11.0 Å². The molecule has 0 unspecified atom stereocenters. The Hall–Kier alpha value is -2.06. The molecule has 1 aliphatic rings. The maximum absolute atomic E-state index is 13.0. The lowest BCUT2D eigenvalue weighted by atomic mass is 10.2. The van der Waals surface area contributed by atoms with Gasteiger partial charge in [0, 0.05) is 4.47 Å². The first-order chi connectivity index (χ1) is 11.4. The fourth-order valence-corrected chi connectivity index (χ4v) is 4.16. The lowest BCUT2D eigenvalue weighted by Gasteiger charge is -2.34. The van der Waals surface area contributed by atoms with E-state index in [2.05, 4.69) is 15.9 Å². The normalized spacial score (nSPS) is 16.9. The predicted molar refractivity (Wildman–Crippen MR) is 91.5 cm³/mol. The van der Waals surface area contributed by atoms with Crippen LogP contribution in [0.3, 0.4) is 0 Å². The van der Waals surface area contributed by atoms with Crippen LogP contribution in [-0.4, -0.2) is 34.1 Å².